The van der Waals surface area contributed by atoms with Gasteiger partial charge in [-0.15, -0.1) is 114 Å². The van der Waals surface area contributed by atoms with E-state index in [4.69, 9.17) is 0 Å². The highest BCUT2D eigenvalue weighted by atomic mass is 32.2. The molecule has 30 nitrogen and oxygen atoms in total. The highest BCUT2D eigenvalue weighted by Gasteiger charge is 2.30. The summed E-state index contributed by atoms with van der Waals surface area (Å²) in [5.74, 6) is -2.28. The Bertz CT molecular complexity index is 3800. The van der Waals surface area contributed by atoms with Gasteiger partial charge >= 0.3 is 0 Å². The number of aromatic nitrogens is 12. The Labute approximate surface area is 623 Å². The van der Waals surface area contributed by atoms with Crippen molar-refractivity contribution in [2.45, 2.75) is 132 Å². The van der Waals surface area contributed by atoms with Crippen molar-refractivity contribution in [3.8, 4) is 0 Å². The zero-order valence-electron chi connectivity index (χ0n) is 57.0. The van der Waals surface area contributed by atoms with E-state index in [2.05, 4.69) is 62.5 Å². The molecule has 4 N–H and O–H groups in total. The number of allylic oxidation sites excluding steroid dienone is 4. The average Bonchev–Trinajstić information content (AvgIpc) is 1.67. The van der Waals surface area contributed by atoms with Crippen LogP contribution in [-0.2, 0) is 54.9 Å². The largest absolute Gasteiger partial charge is 0.356 e. The quantitative estimate of drug-likeness (QED) is 0.0618. The molecule has 8 heterocycles. The second-order valence-corrected chi connectivity index (χ2v) is 30.3. The summed E-state index contributed by atoms with van der Waals surface area (Å²) in [6.45, 7) is 12.0. The predicted molar refractivity (Wildman–Crippen MR) is 400 cm³/mol. The summed E-state index contributed by atoms with van der Waals surface area (Å²) in [7, 11) is 0. The maximum absolute atomic E-state index is 12.7. The van der Waals surface area contributed by atoms with Crippen LogP contribution in [0.3, 0.4) is 0 Å². The van der Waals surface area contributed by atoms with Gasteiger partial charge in [-0.25, -0.2) is 18.7 Å². The van der Waals surface area contributed by atoms with Gasteiger partial charge in [0.2, 0.25) is 35.2 Å². The predicted octanol–water partition coefficient (Wildman–Crippen LogP) is 7.62. The number of ketones is 10. The number of amides is 4. The van der Waals surface area contributed by atoms with E-state index < -0.39 is 17.6 Å². The molecule has 4 amide bonds. The summed E-state index contributed by atoms with van der Waals surface area (Å²) in [5, 5.41) is 55.7. The second kappa shape index (κ2) is 46.9. The lowest BCUT2D eigenvalue weighted by Crippen LogP contribution is -2.44. The lowest BCUT2D eigenvalue weighted by atomic mass is 10.0. The molecular formula is C64H80N16O14S8. The Morgan fingerprint density at radius 1 is 0.461 bits per heavy atom. The minimum absolute atomic E-state index is 0.0235. The van der Waals surface area contributed by atoms with E-state index in [-0.39, 0.29) is 198 Å². The molecule has 4 aromatic heterocycles. The number of carbonyl (C=O) groups excluding carboxylic acids is 14. The van der Waals surface area contributed by atoms with E-state index >= 15 is 0 Å². The molecule has 8 rings (SSSR count). The lowest BCUT2D eigenvalue weighted by molar-refractivity contribution is -0.122. The molecule has 0 fully saturated rings. The Kier molecular flexibility index (Phi) is 39.1. The Morgan fingerprint density at radius 2 is 0.902 bits per heavy atom. The number of rotatable bonds is 20. The van der Waals surface area contributed by atoms with Gasteiger partial charge in [0, 0.05) is 103 Å². The number of nitrogens with one attached hydrogen (secondary N) is 4. The van der Waals surface area contributed by atoms with Gasteiger partial charge in [0.05, 0.1) is 43.7 Å². The summed E-state index contributed by atoms with van der Waals surface area (Å²) in [6, 6.07) is -0.394. The fourth-order valence-corrected chi connectivity index (χ4v) is 14.9. The zero-order valence-corrected chi connectivity index (χ0v) is 63.5. The van der Waals surface area contributed by atoms with E-state index in [1.807, 2.05) is 0 Å². The molecular weight excluding hydrogens is 1470 g/mol. The number of hydrogen-bond donors (Lipinski definition) is 4. The van der Waals surface area contributed by atoms with Crippen LogP contribution in [0, 0.1) is 5.92 Å². The third kappa shape index (κ3) is 28.5. The first-order valence-electron chi connectivity index (χ1n) is 32.2. The fourth-order valence-electron chi connectivity index (χ4n) is 8.88. The van der Waals surface area contributed by atoms with Gasteiger partial charge in [-0.3, -0.25) is 67.1 Å². The topological polar surface area (TPSA) is 410 Å². The third-order valence-corrected chi connectivity index (χ3v) is 21.8. The molecule has 4 aromatic rings. The lowest BCUT2D eigenvalue weighted by Gasteiger charge is -2.17. The summed E-state index contributed by atoms with van der Waals surface area (Å²) in [6.07, 6.45) is 11.6. The molecule has 0 saturated heterocycles. The number of carbonyl (C=O) groups is 14. The molecule has 102 heavy (non-hydrogen) atoms. The highest BCUT2D eigenvalue weighted by Crippen LogP contribution is 2.24. The maximum Gasteiger partial charge on any atom is 0.244 e. The molecule has 0 aromatic carbocycles. The minimum Gasteiger partial charge on any atom is -0.356 e. The summed E-state index contributed by atoms with van der Waals surface area (Å²) in [4.78, 5) is 169. The van der Waals surface area contributed by atoms with Crippen molar-refractivity contribution < 1.29 is 67.1 Å². The van der Waals surface area contributed by atoms with Gasteiger partial charge in [-0.1, -0.05) is 62.4 Å². The average molecular weight is 1550 g/mol. The van der Waals surface area contributed by atoms with Gasteiger partial charge in [-0.05, 0) is 69.1 Å². The fraction of sp³-hybridized carbons (Fsp3) is 0.469. The summed E-state index contributed by atoms with van der Waals surface area (Å²) in [5.41, 5.74) is 0.684. The number of nitrogens with zero attached hydrogens (tertiary/aromatic N) is 12. The molecule has 0 radical (unpaired) electrons. The van der Waals surface area contributed by atoms with Crippen molar-refractivity contribution in [1.82, 2.24) is 81.2 Å². The van der Waals surface area contributed by atoms with Gasteiger partial charge in [0.15, 0.2) is 69.0 Å². The van der Waals surface area contributed by atoms with E-state index in [1.165, 1.54) is 143 Å². The van der Waals surface area contributed by atoms with Crippen molar-refractivity contribution in [3.63, 3.8) is 0 Å². The Morgan fingerprint density at radius 3 is 1.43 bits per heavy atom. The van der Waals surface area contributed by atoms with Crippen molar-refractivity contribution in [1.29, 1.82) is 0 Å². The smallest absolute Gasteiger partial charge is 0.244 e. The molecule has 2 unspecified atom stereocenters. The summed E-state index contributed by atoms with van der Waals surface area (Å²) < 4.78 is 5.37. The van der Waals surface area contributed by atoms with Crippen LogP contribution in [-0.4, -0.2) is 199 Å². The number of aryl methyl sites for hydroxylation is 4. The highest BCUT2D eigenvalue weighted by molar-refractivity contribution is 8.19. The molecule has 4 aliphatic rings. The summed E-state index contributed by atoms with van der Waals surface area (Å²) >= 11 is 11.8. The van der Waals surface area contributed by atoms with Crippen LogP contribution in [0.4, 0.5) is 0 Å². The molecule has 0 bridgehead atoms. The minimum atomic E-state index is -0.416. The van der Waals surface area contributed by atoms with Gasteiger partial charge in [0.1, 0.15) is 22.8 Å². The van der Waals surface area contributed by atoms with Crippen molar-refractivity contribution >= 4 is 176 Å². The normalized spacial score (nSPS) is 19.1. The molecule has 4 aliphatic heterocycles. The van der Waals surface area contributed by atoms with Crippen LogP contribution >= 0.6 is 94.1 Å². The number of hydrogen-bond acceptors (Lipinski definition) is 30. The maximum atomic E-state index is 12.7. The standard InChI is InChI=1S/C19H20N6O4S2.C17H20N6O4S2.C15H22N2O3S2.C13H18N2O3S2/c1-3-12(26)16-18(13(27)4-2)24(22-20-16)7-8-25-19-15(29)6-10-31-11-30-9-5-14(28)17(19)21-23-25;1-3-10(24)14-16(11(25)4-2)22(20-18-14)5-6-23-17-13(27)8-29-9-28-7-12(26)15(17)19-21-23;1-2-14(19)16-9-12-3-4-13(18)5-7-21-11-22-8-6-15(20)17-10-12;1-2-12(17)14-8-10-7-11(16)3-5-19-9-20-6-4-13(18)15-10/h5-6,9-10H,3-4,7-8,11H2,1-2H3;3-9H2,1-2H3;5-8,12H,2-4,9-11H2,1H3,(H,16,19)(H,17,20);3-6,10H,2,7-9H2,1H3,(H,14,17)(H,15,18)/b9-5+,10-6+;;7-5+,8-6+;5-3+,6-4+. The first-order chi connectivity index (χ1) is 49.2. The molecule has 2 atom stereocenters. The first kappa shape index (κ1) is 85.0. The molecule has 548 valence electrons. The number of thioether (sulfide) groups is 8. The zero-order chi connectivity index (χ0) is 74.3. The Balaban J connectivity index is 0.000000249. The van der Waals surface area contributed by atoms with Gasteiger partial charge in [0.25, 0.3) is 0 Å². The van der Waals surface area contributed by atoms with Gasteiger partial charge < -0.3 is 21.3 Å². The van der Waals surface area contributed by atoms with Gasteiger partial charge in [-0.2, -0.15) is 0 Å². The third-order valence-electron chi connectivity index (χ3n) is 14.3. The van der Waals surface area contributed by atoms with Crippen LogP contribution < -0.4 is 21.3 Å². The van der Waals surface area contributed by atoms with Crippen LogP contribution in [0.1, 0.15) is 183 Å². The monoisotopic (exact) mass is 1550 g/mol. The van der Waals surface area contributed by atoms with Crippen molar-refractivity contribution in [3.05, 3.63) is 114 Å². The van der Waals surface area contributed by atoms with Crippen molar-refractivity contribution in [2.24, 2.45) is 5.92 Å². The van der Waals surface area contributed by atoms with E-state index in [0.717, 1.165) is 10.2 Å². The molecule has 0 spiro atoms. The van der Waals surface area contributed by atoms with Crippen LogP contribution in [0.15, 0.2) is 68.9 Å². The van der Waals surface area contributed by atoms with E-state index in [9.17, 15) is 67.1 Å². The first-order valence-corrected chi connectivity index (χ1v) is 40.8. The number of fused-ring (bicyclic) bond motifs is 2. The van der Waals surface area contributed by atoms with E-state index in [1.54, 1.807) is 80.1 Å². The Hall–Kier alpha value is -7.62. The van der Waals surface area contributed by atoms with Crippen molar-refractivity contribution in [2.75, 3.05) is 51.5 Å². The van der Waals surface area contributed by atoms with Crippen LogP contribution in [0.5, 0.6) is 0 Å². The molecule has 38 heteroatoms. The van der Waals surface area contributed by atoms with E-state index in [0.29, 0.717) is 48.9 Å². The molecule has 0 aliphatic carbocycles. The second-order valence-electron chi connectivity index (χ2n) is 21.5. The number of Topliss-reactive ketones (excluding diaryl/α,β-unsaturated/α-hetero) is 6. The van der Waals surface area contributed by atoms with Crippen LogP contribution in [0.2, 0.25) is 0 Å². The SMILES string of the molecule is CCC(=O)NCC1CC(=O)/C=C/SCS/C=C/C(=O)N1.CCC(=O)NCC1CCC(=O)/C=C/SCS/C=C/C(=O)NC1.CCC(=O)c1nnn(CCn2nnc3c2C(=O)/C=C/SCS/C=C/C3=O)c1C(=O)CC.CCC(=O)c1nnn(CCn2nnc3c2C(=O)CSCSCC3=O)c1C(=O)CC. The molecule has 0 saturated carbocycles. The van der Waals surface area contributed by atoms with Crippen LogP contribution in [0.25, 0.3) is 0 Å².